The van der Waals surface area contributed by atoms with Crippen LogP contribution in [-0.2, 0) is 12.7 Å². The molecule has 5 rings (SSSR count). The van der Waals surface area contributed by atoms with E-state index in [-0.39, 0.29) is 18.2 Å². The van der Waals surface area contributed by atoms with Crippen LogP contribution in [0.25, 0.3) is 11.3 Å². The van der Waals surface area contributed by atoms with Crippen LogP contribution < -0.4 is 14.3 Å². The van der Waals surface area contributed by atoms with E-state index in [1.54, 1.807) is 23.6 Å². The predicted octanol–water partition coefficient (Wildman–Crippen LogP) is 6.15. The van der Waals surface area contributed by atoms with E-state index in [0.29, 0.717) is 34.1 Å². The third kappa shape index (κ3) is 4.76. The second kappa shape index (κ2) is 8.91. The summed E-state index contributed by atoms with van der Waals surface area (Å²) in [4.78, 5) is 15.7. The maximum Gasteiger partial charge on any atom is 0.416 e. The highest BCUT2D eigenvalue weighted by Crippen LogP contribution is 2.34. The number of nitrogens with zero attached hydrogens (tertiary/aromatic N) is 3. The number of nitro benzene ring substituents is 1. The Morgan fingerprint density at radius 3 is 2.63 bits per heavy atom. The van der Waals surface area contributed by atoms with E-state index in [1.807, 2.05) is 16.7 Å². The first-order valence-corrected chi connectivity index (χ1v) is 11.2. The summed E-state index contributed by atoms with van der Waals surface area (Å²) in [7, 11) is 0. The fourth-order valence-electron chi connectivity index (χ4n) is 3.67. The first kappa shape index (κ1) is 22.7. The van der Waals surface area contributed by atoms with E-state index in [9.17, 15) is 23.3 Å². The summed E-state index contributed by atoms with van der Waals surface area (Å²) < 4.78 is 52.2. The molecule has 4 aromatic rings. The molecule has 0 atom stereocenters. The number of hydrogen-bond donors (Lipinski definition) is 0. The minimum absolute atomic E-state index is 0.0697. The highest BCUT2D eigenvalue weighted by atomic mass is 32.1. The molecule has 1 aliphatic heterocycles. The van der Waals surface area contributed by atoms with Gasteiger partial charge in [-0.05, 0) is 35.9 Å². The van der Waals surface area contributed by atoms with Crippen molar-refractivity contribution < 1.29 is 27.6 Å². The molecule has 1 aliphatic rings. The van der Waals surface area contributed by atoms with Crippen LogP contribution in [0.15, 0.2) is 77.1 Å². The zero-order chi connectivity index (χ0) is 24.6. The van der Waals surface area contributed by atoms with E-state index in [1.165, 1.54) is 35.6 Å². The van der Waals surface area contributed by atoms with Gasteiger partial charge in [0.25, 0.3) is 5.69 Å². The van der Waals surface area contributed by atoms with Gasteiger partial charge in [-0.15, -0.1) is 11.3 Å². The topological polar surface area (TPSA) is 78.9 Å². The molecular formula is C24H16F3N3O4S. The average molecular weight is 499 g/mol. The van der Waals surface area contributed by atoms with Crippen LogP contribution in [0.5, 0.6) is 11.5 Å². The fraction of sp³-hybridized carbons (Fsp3) is 0.125. The summed E-state index contributed by atoms with van der Waals surface area (Å²) >= 11 is 1.23. The normalized spacial score (nSPS) is 13.3. The molecule has 0 aliphatic carbocycles. The number of non-ortho nitro benzene ring substituents is 1. The molecule has 0 saturated carbocycles. The monoisotopic (exact) mass is 499 g/mol. The molecule has 0 spiro atoms. The second-order valence-corrected chi connectivity index (χ2v) is 8.48. The molecule has 0 amide bonds. The third-order valence-corrected chi connectivity index (χ3v) is 6.19. The lowest BCUT2D eigenvalue weighted by atomic mass is 10.1. The zero-order valence-electron chi connectivity index (χ0n) is 17.9. The molecule has 178 valence electrons. The first-order chi connectivity index (χ1) is 16.8. The lowest BCUT2D eigenvalue weighted by molar-refractivity contribution is -0.384. The molecular weight excluding hydrogens is 483 g/mol. The Morgan fingerprint density at radius 2 is 1.83 bits per heavy atom. The highest BCUT2D eigenvalue weighted by molar-refractivity contribution is 7.07. The van der Waals surface area contributed by atoms with Gasteiger partial charge in [0.1, 0.15) is 0 Å². The summed E-state index contributed by atoms with van der Waals surface area (Å²) in [5.41, 5.74) is 1.34. The van der Waals surface area contributed by atoms with E-state index in [2.05, 4.69) is 4.99 Å². The molecule has 0 radical (unpaired) electrons. The molecule has 2 heterocycles. The van der Waals surface area contributed by atoms with Gasteiger partial charge < -0.3 is 14.0 Å². The number of nitro groups is 1. The molecule has 0 fully saturated rings. The molecule has 3 aromatic carbocycles. The first-order valence-electron chi connectivity index (χ1n) is 10.3. The largest absolute Gasteiger partial charge is 0.454 e. The number of alkyl halides is 3. The number of halogens is 3. The number of fused-ring (bicyclic) bond motifs is 1. The number of thiazole rings is 1. The van der Waals surface area contributed by atoms with Crippen LogP contribution in [0.1, 0.15) is 11.1 Å². The molecule has 0 saturated heterocycles. The molecule has 0 unspecified atom stereocenters. The summed E-state index contributed by atoms with van der Waals surface area (Å²) in [5, 5.41) is 13.1. The number of rotatable bonds is 5. The van der Waals surface area contributed by atoms with Crippen molar-refractivity contribution >= 4 is 22.7 Å². The van der Waals surface area contributed by atoms with Crippen molar-refractivity contribution in [3.05, 3.63) is 98.2 Å². The second-order valence-electron chi connectivity index (χ2n) is 7.64. The van der Waals surface area contributed by atoms with Crippen LogP contribution in [0, 0.1) is 10.1 Å². The van der Waals surface area contributed by atoms with E-state index in [4.69, 9.17) is 9.47 Å². The maximum atomic E-state index is 13.2. The van der Waals surface area contributed by atoms with E-state index >= 15 is 0 Å². The van der Waals surface area contributed by atoms with Crippen LogP contribution >= 0.6 is 11.3 Å². The van der Waals surface area contributed by atoms with Crippen LogP contribution in [-0.4, -0.2) is 16.3 Å². The van der Waals surface area contributed by atoms with Gasteiger partial charge in [0, 0.05) is 23.1 Å². The van der Waals surface area contributed by atoms with E-state index in [0.717, 1.165) is 17.7 Å². The minimum Gasteiger partial charge on any atom is -0.454 e. The molecule has 1 aromatic heterocycles. The lowest BCUT2D eigenvalue weighted by Crippen LogP contribution is -2.16. The zero-order valence-corrected chi connectivity index (χ0v) is 18.7. The Hall–Kier alpha value is -4.12. The fourth-order valence-corrected chi connectivity index (χ4v) is 4.59. The van der Waals surface area contributed by atoms with Gasteiger partial charge >= 0.3 is 6.18 Å². The smallest absolute Gasteiger partial charge is 0.416 e. The third-order valence-electron chi connectivity index (χ3n) is 5.33. The van der Waals surface area contributed by atoms with Gasteiger partial charge in [0.05, 0.1) is 28.4 Å². The number of ether oxygens (including phenoxy) is 2. The SMILES string of the molecule is O=[N+]([O-])c1cccc(-c2csc(=Nc3cccc(C(F)(F)F)c3)n2Cc2ccc3c(c2)OCO3)c1. The summed E-state index contributed by atoms with van der Waals surface area (Å²) in [6.07, 6.45) is -4.49. The lowest BCUT2D eigenvalue weighted by Gasteiger charge is -2.11. The summed E-state index contributed by atoms with van der Waals surface area (Å²) in [6.45, 7) is 0.426. The quantitative estimate of drug-likeness (QED) is 0.244. The van der Waals surface area contributed by atoms with Gasteiger partial charge in [0.2, 0.25) is 6.79 Å². The van der Waals surface area contributed by atoms with Crippen molar-refractivity contribution in [3.63, 3.8) is 0 Å². The Labute approximate surface area is 200 Å². The highest BCUT2D eigenvalue weighted by Gasteiger charge is 2.30. The number of benzene rings is 3. The molecule has 0 N–H and O–H groups in total. The Bertz CT molecular complexity index is 1490. The Morgan fingerprint density at radius 1 is 1.03 bits per heavy atom. The van der Waals surface area contributed by atoms with Crippen molar-refractivity contribution in [2.45, 2.75) is 12.7 Å². The molecule has 35 heavy (non-hydrogen) atoms. The Kier molecular flexibility index (Phi) is 5.77. The van der Waals surface area contributed by atoms with Crippen LogP contribution in [0.4, 0.5) is 24.5 Å². The van der Waals surface area contributed by atoms with Crippen molar-refractivity contribution in [2.24, 2.45) is 4.99 Å². The van der Waals surface area contributed by atoms with Gasteiger partial charge in [-0.2, -0.15) is 13.2 Å². The van der Waals surface area contributed by atoms with Crippen molar-refractivity contribution in [3.8, 4) is 22.8 Å². The van der Waals surface area contributed by atoms with Gasteiger partial charge in [-0.1, -0.05) is 24.3 Å². The molecule has 0 bridgehead atoms. The summed E-state index contributed by atoms with van der Waals surface area (Å²) in [6, 6.07) is 16.4. The molecule has 7 nitrogen and oxygen atoms in total. The minimum atomic E-state index is -4.49. The number of aromatic nitrogens is 1. The summed E-state index contributed by atoms with van der Waals surface area (Å²) in [5.74, 6) is 1.21. The van der Waals surface area contributed by atoms with Crippen molar-refractivity contribution in [1.29, 1.82) is 0 Å². The predicted molar refractivity (Wildman–Crippen MR) is 123 cm³/mol. The van der Waals surface area contributed by atoms with Crippen LogP contribution in [0.3, 0.4) is 0 Å². The van der Waals surface area contributed by atoms with Gasteiger partial charge in [-0.25, -0.2) is 4.99 Å². The van der Waals surface area contributed by atoms with Gasteiger partial charge in [-0.3, -0.25) is 10.1 Å². The molecule has 11 heteroatoms. The van der Waals surface area contributed by atoms with Crippen LogP contribution in [0.2, 0.25) is 0 Å². The number of hydrogen-bond acceptors (Lipinski definition) is 6. The average Bonchev–Trinajstić information content (AvgIpc) is 3.46. The standard InChI is InChI=1S/C24H16F3N3O4S/c25-24(26,27)17-4-2-5-18(11-17)28-23-29(12-15-7-8-21-22(9-15)34-14-33-21)20(13-35-23)16-3-1-6-19(10-16)30(31)32/h1-11,13H,12,14H2. The van der Waals surface area contributed by atoms with Gasteiger partial charge in [0.15, 0.2) is 16.3 Å². The van der Waals surface area contributed by atoms with E-state index < -0.39 is 16.7 Å². The maximum absolute atomic E-state index is 13.2. The van der Waals surface area contributed by atoms with Crippen molar-refractivity contribution in [2.75, 3.05) is 6.79 Å². The Balaban J connectivity index is 1.63. The van der Waals surface area contributed by atoms with Crippen molar-refractivity contribution in [1.82, 2.24) is 4.57 Å².